The van der Waals surface area contributed by atoms with Crippen molar-refractivity contribution in [1.29, 1.82) is 0 Å². The van der Waals surface area contributed by atoms with Crippen molar-refractivity contribution in [3.8, 4) is 0 Å². The van der Waals surface area contributed by atoms with Crippen LogP contribution in [0.2, 0.25) is 0 Å². The van der Waals surface area contributed by atoms with E-state index in [4.69, 9.17) is 5.73 Å². The second-order valence-corrected chi connectivity index (χ2v) is 4.31. The number of rotatable bonds is 1. The van der Waals surface area contributed by atoms with Crippen LogP contribution in [0.15, 0.2) is 30.5 Å². The Morgan fingerprint density at radius 2 is 2.00 bits per heavy atom. The summed E-state index contributed by atoms with van der Waals surface area (Å²) in [7, 11) is 0. The Hall–Kier alpha value is -1.77. The summed E-state index contributed by atoms with van der Waals surface area (Å²) in [5.74, 6) is 0. The van der Waals surface area contributed by atoms with Gasteiger partial charge in [-0.25, -0.2) is 0 Å². The molecule has 0 atom stereocenters. The highest BCUT2D eigenvalue weighted by Gasteiger charge is 2.15. The summed E-state index contributed by atoms with van der Waals surface area (Å²) >= 11 is 0. The van der Waals surface area contributed by atoms with Gasteiger partial charge in [0.25, 0.3) is 0 Å². The first-order chi connectivity index (χ1) is 7.84. The van der Waals surface area contributed by atoms with Gasteiger partial charge >= 0.3 is 0 Å². The van der Waals surface area contributed by atoms with Crippen molar-refractivity contribution in [3.63, 3.8) is 0 Å². The first kappa shape index (κ1) is 9.46. The molecule has 0 saturated carbocycles. The minimum absolute atomic E-state index is 0.728. The van der Waals surface area contributed by atoms with Crippen LogP contribution in [0, 0.1) is 0 Å². The number of nitrogens with two attached hydrogens (primary N) is 1. The monoisotopic (exact) mass is 213 g/mol. The number of fused-ring (bicyclic) bond motifs is 1. The molecule has 0 amide bonds. The third-order valence-electron chi connectivity index (χ3n) is 3.16. The molecular weight excluding hydrogens is 198 g/mol. The maximum absolute atomic E-state index is 5.75. The molecule has 2 heterocycles. The normalized spacial score (nSPS) is 15.9. The molecule has 3 rings (SSSR count). The van der Waals surface area contributed by atoms with Gasteiger partial charge in [0.1, 0.15) is 0 Å². The highest BCUT2D eigenvalue weighted by Crippen LogP contribution is 2.28. The molecule has 1 aromatic heterocycles. The summed E-state index contributed by atoms with van der Waals surface area (Å²) in [6.07, 6.45) is 4.30. The van der Waals surface area contributed by atoms with Crippen molar-refractivity contribution in [1.82, 2.24) is 4.98 Å². The molecule has 1 aromatic carbocycles. The molecule has 0 radical (unpaired) electrons. The van der Waals surface area contributed by atoms with Gasteiger partial charge in [0.15, 0.2) is 0 Å². The fourth-order valence-electron chi connectivity index (χ4n) is 2.37. The lowest BCUT2D eigenvalue weighted by Gasteiger charge is -2.19. The smallest absolute Gasteiger partial charge is 0.0936 e. The highest BCUT2D eigenvalue weighted by molar-refractivity contribution is 5.92. The summed E-state index contributed by atoms with van der Waals surface area (Å²) in [4.78, 5) is 6.87. The zero-order valence-corrected chi connectivity index (χ0v) is 9.19. The van der Waals surface area contributed by atoms with Crippen LogP contribution in [0.5, 0.6) is 0 Å². The van der Waals surface area contributed by atoms with Gasteiger partial charge in [-0.15, -0.1) is 0 Å². The number of nitrogen functional groups attached to an aromatic ring is 1. The molecule has 16 heavy (non-hydrogen) atoms. The first-order valence-corrected chi connectivity index (χ1v) is 5.74. The lowest BCUT2D eigenvalue weighted by molar-refractivity contribution is 0.949. The number of nitrogens with zero attached hydrogens (tertiary/aromatic N) is 2. The molecule has 3 heteroatoms. The van der Waals surface area contributed by atoms with Crippen molar-refractivity contribution < 1.29 is 0 Å². The summed E-state index contributed by atoms with van der Waals surface area (Å²) in [6.45, 7) is 2.29. The Balaban J connectivity index is 2.16. The minimum Gasteiger partial charge on any atom is -0.397 e. The van der Waals surface area contributed by atoms with E-state index in [9.17, 15) is 0 Å². The standard InChI is InChI=1S/C13H15N3/c14-11-8-10-4-3-5-12(13(10)15-9-11)16-6-1-2-7-16/h3-5,8-9H,1-2,6-7,14H2. The largest absolute Gasteiger partial charge is 0.397 e. The third-order valence-corrected chi connectivity index (χ3v) is 3.16. The van der Waals surface area contributed by atoms with Gasteiger partial charge in [-0.1, -0.05) is 12.1 Å². The highest BCUT2D eigenvalue weighted by atomic mass is 15.1. The van der Waals surface area contributed by atoms with Gasteiger partial charge in [0.05, 0.1) is 23.1 Å². The number of benzene rings is 1. The van der Waals surface area contributed by atoms with E-state index in [0.29, 0.717) is 0 Å². The van der Waals surface area contributed by atoms with Crippen LogP contribution < -0.4 is 10.6 Å². The fraction of sp³-hybridized carbons (Fsp3) is 0.308. The van der Waals surface area contributed by atoms with Crippen molar-refractivity contribution in [2.24, 2.45) is 0 Å². The van der Waals surface area contributed by atoms with Gasteiger partial charge in [0, 0.05) is 18.5 Å². The average Bonchev–Trinajstić information content (AvgIpc) is 2.81. The number of hydrogen-bond donors (Lipinski definition) is 1. The lowest BCUT2D eigenvalue weighted by Crippen LogP contribution is -2.18. The first-order valence-electron chi connectivity index (χ1n) is 5.74. The second kappa shape index (κ2) is 3.67. The van der Waals surface area contributed by atoms with E-state index in [-0.39, 0.29) is 0 Å². The topological polar surface area (TPSA) is 42.1 Å². The van der Waals surface area contributed by atoms with Crippen LogP contribution in [0.1, 0.15) is 12.8 Å². The van der Waals surface area contributed by atoms with Gasteiger partial charge in [-0.3, -0.25) is 4.98 Å². The zero-order chi connectivity index (χ0) is 11.0. The SMILES string of the molecule is Nc1cnc2c(N3CCCC3)cccc2c1. The van der Waals surface area contributed by atoms with Crippen LogP contribution in [0.3, 0.4) is 0 Å². The molecular formula is C13H15N3. The van der Waals surface area contributed by atoms with Crippen LogP contribution in [0.25, 0.3) is 10.9 Å². The minimum atomic E-state index is 0.728. The third kappa shape index (κ3) is 1.48. The van der Waals surface area contributed by atoms with Gasteiger partial charge in [-0.2, -0.15) is 0 Å². The van der Waals surface area contributed by atoms with Crippen molar-refractivity contribution in [2.45, 2.75) is 12.8 Å². The van der Waals surface area contributed by atoms with E-state index in [0.717, 1.165) is 29.7 Å². The number of para-hydroxylation sites is 1. The summed E-state index contributed by atoms with van der Waals surface area (Å²) in [5, 5.41) is 1.13. The average molecular weight is 213 g/mol. The van der Waals surface area contributed by atoms with E-state index in [1.165, 1.54) is 18.5 Å². The summed E-state index contributed by atoms with van der Waals surface area (Å²) in [6, 6.07) is 8.29. The van der Waals surface area contributed by atoms with Crippen molar-refractivity contribution >= 4 is 22.3 Å². The van der Waals surface area contributed by atoms with Crippen LogP contribution in [-0.2, 0) is 0 Å². The fourth-order valence-corrected chi connectivity index (χ4v) is 2.37. The number of pyridine rings is 1. The molecule has 0 aliphatic carbocycles. The molecule has 0 spiro atoms. The molecule has 2 aromatic rings. The Bertz CT molecular complexity index is 516. The maximum Gasteiger partial charge on any atom is 0.0936 e. The second-order valence-electron chi connectivity index (χ2n) is 4.31. The zero-order valence-electron chi connectivity index (χ0n) is 9.19. The molecule has 2 N–H and O–H groups in total. The van der Waals surface area contributed by atoms with Gasteiger partial charge in [0.2, 0.25) is 0 Å². The van der Waals surface area contributed by atoms with Crippen LogP contribution >= 0.6 is 0 Å². The molecule has 1 saturated heterocycles. The van der Waals surface area contributed by atoms with E-state index >= 15 is 0 Å². The molecule has 0 bridgehead atoms. The molecule has 82 valence electrons. The van der Waals surface area contributed by atoms with Gasteiger partial charge < -0.3 is 10.6 Å². The van der Waals surface area contributed by atoms with Crippen molar-refractivity contribution in [2.75, 3.05) is 23.7 Å². The van der Waals surface area contributed by atoms with Crippen LogP contribution in [-0.4, -0.2) is 18.1 Å². The van der Waals surface area contributed by atoms with E-state index < -0.39 is 0 Å². The quantitative estimate of drug-likeness (QED) is 0.791. The number of anilines is 2. The van der Waals surface area contributed by atoms with E-state index in [2.05, 4.69) is 28.1 Å². The maximum atomic E-state index is 5.75. The van der Waals surface area contributed by atoms with E-state index in [1.54, 1.807) is 6.20 Å². The van der Waals surface area contributed by atoms with Crippen LogP contribution in [0.4, 0.5) is 11.4 Å². The number of hydrogen-bond acceptors (Lipinski definition) is 3. The Labute approximate surface area is 94.9 Å². The Kier molecular flexibility index (Phi) is 2.17. The van der Waals surface area contributed by atoms with Crippen molar-refractivity contribution in [3.05, 3.63) is 30.5 Å². The molecule has 3 nitrogen and oxygen atoms in total. The lowest BCUT2D eigenvalue weighted by atomic mass is 10.1. The van der Waals surface area contributed by atoms with Gasteiger partial charge in [-0.05, 0) is 25.0 Å². The van der Waals surface area contributed by atoms with E-state index in [1.807, 2.05) is 6.07 Å². The molecule has 1 aliphatic rings. The predicted octanol–water partition coefficient (Wildman–Crippen LogP) is 2.42. The summed E-state index contributed by atoms with van der Waals surface area (Å²) < 4.78 is 0. The predicted molar refractivity (Wildman–Crippen MR) is 67.6 cm³/mol. The Morgan fingerprint density at radius 3 is 2.81 bits per heavy atom. The Morgan fingerprint density at radius 1 is 1.19 bits per heavy atom. The number of aromatic nitrogens is 1. The molecule has 0 unspecified atom stereocenters. The molecule has 1 fully saturated rings. The summed E-state index contributed by atoms with van der Waals surface area (Å²) in [5.41, 5.74) is 8.79. The molecule has 1 aliphatic heterocycles.